The number of benzene rings is 1. The molecule has 0 saturated carbocycles. The fourth-order valence-corrected chi connectivity index (χ4v) is 1.84. The number of nitrogens with one attached hydrogen (secondary N) is 2. The molecule has 0 amide bonds. The average Bonchev–Trinajstić information content (AvgIpc) is 3.06. The zero-order chi connectivity index (χ0) is 15.7. The highest BCUT2D eigenvalue weighted by atomic mass is 19.4. The maximum Gasteiger partial charge on any atom is 0.573 e. The number of nitrogens with two attached hydrogens (primary N) is 1. The molecule has 116 valence electrons. The summed E-state index contributed by atoms with van der Waals surface area (Å²) in [4.78, 5) is 9.48. The number of amidine groups is 1. The van der Waals surface area contributed by atoms with Crippen molar-refractivity contribution in [3.8, 4) is 5.75 Å². The number of alkyl halides is 3. The van der Waals surface area contributed by atoms with Crippen molar-refractivity contribution in [3.05, 3.63) is 41.6 Å². The van der Waals surface area contributed by atoms with Crippen LogP contribution in [0.2, 0.25) is 0 Å². The molecule has 1 aromatic heterocycles. The third-order valence-corrected chi connectivity index (χ3v) is 2.76. The normalized spacial score (nSPS) is 18.0. The Morgan fingerprint density at radius 3 is 2.55 bits per heavy atom. The van der Waals surface area contributed by atoms with Gasteiger partial charge in [0.15, 0.2) is 5.84 Å². The molecule has 2 heterocycles. The molecule has 0 bridgehead atoms. The number of ether oxygens (including phenoxy) is 1. The number of H-pyrrole nitrogens is 1. The number of hydroxylamine groups is 1. The molecule has 1 aromatic carbocycles. The van der Waals surface area contributed by atoms with Crippen LogP contribution in [0.1, 0.15) is 17.5 Å². The van der Waals surface area contributed by atoms with E-state index in [1.54, 1.807) is 6.07 Å². The minimum absolute atomic E-state index is 0.302. The molecular formula is C12H10F3N5O2. The lowest BCUT2D eigenvalue weighted by molar-refractivity contribution is -0.274. The van der Waals surface area contributed by atoms with Gasteiger partial charge in [-0.15, -0.1) is 13.2 Å². The molecule has 0 saturated heterocycles. The van der Waals surface area contributed by atoms with E-state index in [9.17, 15) is 13.2 Å². The molecule has 1 unspecified atom stereocenters. The lowest BCUT2D eigenvalue weighted by atomic mass is 10.2. The van der Waals surface area contributed by atoms with Crippen LogP contribution in [0.4, 0.5) is 19.0 Å². The molecule has 1 atom stereocenters. The van der Waals surface area contributed by atoms with Gasteiger partial charge in [-0.2, -0.15) is 5.10 Å². The number of nitrogen functional groups attached to an aromatic ring is 1. The Labute approximate surface area is 121 Å². The Kier molecular flexibility index (Phi) is 3.37. The van der Waals surface area contributed by atoms with Gasteiger partial charge in [-0.3, -0.25) is 5.10 Å². The fourth-order valence-electron chi connectivity index (χ4n) is 1.84. The van der Waals surface area contributed by atoms with Gasteiger partial charge in [-0.25, -0.2) is 15.3 Å². The monoisotopic (exact) mass is 313 g/mol. The van der Waals surface area contributed by atoms with Gasteiger partial charge in [0.2, 0.25) is 6.23 Å². The Morgan fingerprint density at radius 1 is 1.23 bits per heavy atom. The highest BCUT2D eigenvalue weighted by Gasteiger charge is 2.31. The highest BCUT2D eigenvalue weighted by Crippen LogP contribution is 2.25. The summed E-state index contributed by atoms with van der Waals surface area (Å²) in [7, 11) is 0. The van der Waals surface area contributed by atoms with Crippen LogP contribution >= 0.6 is 0 Å². The fraction of sp³-hybridized carbons (Fsp3) is 0.167. The van der Waals surface area contributed by atoms with E-state index in [4.69, 9.17) is 10.6 Å². The van der Waals surface area contributed by atoms with Crippen molar-refractivity contribution < 1.29 is 22.7 Å². The second-order valence-electron chi connectivity index (χ2n) is 4.37. The molecule has 0 spiro atoms. The number of nitrogens with zero attached hydrogens (tertiary/aromatic N) is 2. The number of anilines is 1. The third kappa shape index (κ3) is 3.11. The summed E-state index contributed by atoms with van der Waals surface area (Å²) in [5, 5.41) is 6.42. The first-order valence-corrected chi connectivity index (χ1v) is 6.07. The molecule has 1 aliphatic heterocycles. The summed E-state index contributed by atoms with van der Waals surface area (Å²) < 4.78 is 40.1. The Balaban J connectivity index is 1.74. The third-order valence-electron chi connectivity index (χ3n) is 2.76. The lowest BCUT2D eigenvalue weighted by Gasteiger charge is -2.09. The number of hydrogen-bond acceptors (Lipinski definition) is 6. The standard InChI is InChI=1S/C12H10F3N5O2/c13-12(14,15)21-7-3-1-6(2-4-7)10-17-11(22-20-10)8-5-9(16)19-18-8/h1-5,11H,(H,17,20)(H3,16,18,19). The van der Waals surface area contributed by atoms with Crippen LogP contribution in [0.15, 0.2) is 35.3 Å². The lowest BCUT2D eigenvalue weighted by Crippen LogP contribution is -2.19. The summed E-state index contributed by atoms with van der Waals surface area (Å²) in [6.07, 6.45) is -5.38. The van der Waals surface area contributed by atoms with Crippen molar-refractivity contribution >= 4 is 11.7 Å². The Hall–Kier alpha value is -2.75. The second-order valence-corrected chi connectivity index (χ2v) is 4.37. The summed E-state index contributed by atoms with van der Waals surface area (Å²) in [6, 6.07) is 6.81. The van der Waals surface area contributed by atoms with Crippen molar-refractivity contribution in [2.24, 2.45) is 4.99 Å². The van der Waals surface area contributed by atoms with Gasteiger partial charge in [0.25, 0.3) is 0 Å². The summed E-state index contributed by atoms with van der Waals surface area (Å²) in [5.74, 6) is 0.362. The van der Waals surface area contributed by atoms with Gasteiger partial charge in [0.1, 0.15) is 11.6 Å². The van der Waals surface area contributed by atoms with Gasteiger partial charge in [0.05, 0.1) is 5.69 Å². The minimum Gasteiger partial charge on any atom is -0.406 e. The van der Waals surface area contributed by atoms with E-state index in [-0.39, 0.29) is 5.75 Å². The molecule has 3 rings (SSSR count). The van der Waals surface area contributed by atoms with Crippen molar-refractivity contribution in [2.75, 3.05) is 5.73 Å². The molecule has 0 aliphatic carbocycles. The van der Waals surface area contributed by atoms with Crippen LogP contribution in [0.3, 0.4) is 0 Å². The van der Waals surface area contributed by atoms with Gasteiger partial charge >= 0.3 is 6.36 Å². The number of aromatic amines is 1. The van der Waals surface area contributed by atoms with E-state index in [0.29, 0.717) is 22.9 Å². The number of aromatic nitrogens is 2. The molecule has 1 aliphatic rings. The van der Waals surface area contributed by atoms with Gasteiger partial charge < -0.3 is 10.5 Å². The van der Waals surface area contributed by atoms with E-state index in [1.807, 2.05) is 0 Å². The zero-order valence-corrected chi connectivity index (χ0v) is 10.9. The molecule has 2 aromatic rings. The smallest absolute Gasteiger partial charge is 0.406 e. The second kappa shape index (κ2) is 5.22. The molecular weight excluding hydrogens is 303 g/mol. The Bertz CT molecular complexity index is 696. The van der Waals surface area contributed by atoms with E-state index in [0.717, 1.165) is 0 Å². The summed E-state index contributed by atoms with van der Waals surface area (Å²) in [5.41, 5.74) is 9.18. The van der Waals surface area contributed by atoms with E-state index < -0.39 is 12.6 Å². The zero-order valence-electron chi connectivity index (χ0n) is 10.9. The van der Waals surface area contributed by atoms with Crippen LogP contribution in [0.5, 0.6) is 5.75 Å². The minimum atomic E-state index is -4.72. The number of rotatable bonds is 3. The maximum absolute atomic E-state index is 12.1. The van der Waals surface area contributed by atoms with E-state index >= 15 is 0 Å². The topological polar surface area (TPSA) is 97.5 Å². The molecule has 0 fully saturated rings. The first kappa shape index (κ1) is 14.2. The molecule has 7 nitrogen and oxygen atoms in total. The molecule has 4 N–H and O–H groups in total. The molecule has 22 heavy (non-hydrogen) atoms. The van der Waals surface area contributed by atoms with Crippen molar-refractivity contribution in [3.63, 3.8) is 0 Å². The van der Waals surface area contributed by atoms with Gasteiger partial charge in [0, 0.05) is 11.6 Å². The van der Waals surface area contributed by atoms with E-state index in [2.05, 4.69) is 25.4 Å². The quantitative estimate of drug-likeness (QED) is 0.803. The predicted molar refractivity (Wildman–Crippen MR) is 69.6 cm³/mol. The van der Waals surface area contributed by atoms with E-state index in [1.165, 1.54) is 24.3 Å². The van der Waals surface area contributed by atoms with Gasteiger partial charge in [-0.1, -0.05) is 0 Å². The number of halogens is 3. The maximum atomic E-state index is 12.1. The molecule has 0 radical (unpaired) electrons. The van der Waals surface area contributed by atoms with Crippen LogP contribution in [-0.4, -0.2) is 22.4 Å². The van der Waals surface area contributed by atoms with Crippen LogP contribution in [0, 0.1) is 0 Å². The number of hydrogen-bond donors (Lipinski definition) is 3. The first-order chi connectivity index (χ1) is 10.4. The highest BCUT2D eigenvalue weighted by molar-refractivity contribution is 5.98. The first-order valence-electron chi connectivity index (χ1n) is 6.07. The largest absolute Gasteiger partial charge is 0.573 e. The Morgan fingerprint density at radius 2 is 1.95 bits per heavy atom. The van der Waals surface area contributed by atoms with Crippen LogP contribution < -0.4 is 16.0 Å². The van der Waals surface area contributed by atoms with Gasteiger partial charge in [-0.05, 0) is 24.3 Å². The van der Waals surface area contributed by atoms with Crippen molar-refractivity contribution in [2.45, 2.75) is 12.6 Å². The van der Waals surface area contributed by atoms with Crippen LogP contribution in [-0.2, 0) is 4.84 Å². The molecule has 10 heteroatoms. The van der Waals surface area contributed by atoms with Crippen molar-refractivity contribution in [1.82, 2.24) is 15.7 Å². The van der Waals surface area contributed by atoms with Crippen molar-refractivity contribution in [1.29, 1.82) is 0 Å². The van der Waals surface area contributed by atoms with Crippen LogP contribution in [0.25, 0.3) is 0 Å². The summed E-state index contributed by atoms with van der Waals surface area (Å²) in [6.45, 7) is 0. The number of aliphatic imine (C=N–C) groups is 1. The SMILES string of the molecule is Nc1cc(C2N=C(c3ccc(OC(F)(F)F)cc3)NO2)[nH]n1. The average molecular weight is 313 g/mol. The predicted octanol–water partition coefficient (Wildman–Crippen LogP) is 1.87. The summed E-state index contributed by atoms with van der Waals surface area (Å²) >= 11 is 0.